The van der Waals surface area contributed by atoms with Gasteiger partial charge < -0.3 is 9.84 Å². The lowest BCUT2D eigenvalue weighted by Gasteiger charge is -1.95. The molecule has 0 atom stereocenters. The Kier molecular flexibility index (Phi) is 1.39. The van der Waals surface area contributed by atoms with Crippen molar-refractivity contribution in [2.45, 2.75) is 13.0 Å². The second kappa shape index (κ2) is 2.25. The van der Waals surface area contributed by atoms with E-state index in [1.807, 2.05) is 0 Å². The monoisotopic (exact) mass is 156 g/mol. The first kappa shape index (κ1) is 6.19. The van der Waals surface area contributed by atoms with Gasteiger partial charge in [0.1, 0.15) is 5.75 Å². The molecule has 0 saturated heterocycles. The standard InChI is InChI=1S/C7H8O2S/c8-3-6-7-5(4-10-6)1-2-9-7/h4,8H,1-3H2. The normalized spacial score (nSPS) is 14.9. The van der Waals surface area contributed by atoms with Crippen LogP contribution in [0.1, 0.15) is 10.4 Å². The molecule has 1 aliphatic heterocycles. The molecule has 1 aromatic heterocycles. The van der Waals surface area contributed by atoms with Crippen LogP contribution in [-0.4, -0.2) is 11.7 Å². The minimum absolute atomic E-state index is 0.111. The van der Waals surface area contributed by atoms with E-state index in [0.29, 0.717) is 0 Å². The van der Waals surface area contributed by atoms with E-state index in [0.717, 1.165) is 23.7 Å². The van der Waals surface area contributed by atoms with Gasteiger partial charge in [0.2, 0.25) is 0 Å². The van der Waals surface area contributed by atoms with Crippen LogP contribution in [0.25, 0.3) is 0 Å². The number of hydrogen-bond donors (Lipinski definition) is 1. The van der Waals surface area contributed by atoms with Crippen molar-refractivity contribution in [3.05, 3.63) is 15.8 Å². The van der Waals surface area contributed by atoms with Crippen molar-refractivity contribution in [1.82, 2.24) is 0 Å². The summed E-state index contributed by atoms with van der Waals surface area (Å²) < 4.78 is 5.31. The molecular weight excluding hydrogens is 148 g/mol. The molecular formula is C7H8O2S. The molecule has 2 rings (SSSR count). The highest BCUT2D eigenvalue weighted by Crippen LogP contribution is 2.34. The molecule has 0 unspecified atom stereocenters. The minimum atomic E-state index is 0.111. The Morgan fingerprint density at radius 3 is 3.40 bits per heavy atom. The maximum Gasteiger partial charge on any atom is 0.138 e. The van der Waals surface area contributed by atoms with Crippen molar-refractivity contribution < 1.29 is 9.84 Å². The first-order valence-corrected chi connectivity index (χ1v) is 4.12. The third-order valence-electron chi connectivity index (χ3n) is 1.65. The summed E-state index contributed by atoms with van der Waals surface area (Å²) in [5, 5.41) is 10.9. The first-order chi connectivity index (χ1) is 4.92. The van der Waals surface area contributed by atoms with Gasteiger partial charge in [-0.15, -0.1) is 11.3 Å². The average molecular weight is 156 g/mol. The zero-order valence-electron chi connectivity index (χ0n) is 5.46. The van der Waals surface area contributed by atoms with E-state index < -0.39 is 0 Å². The highest BCUT2D eigenvalue weighted by molar-refractivity contribution is 7.10. The molecule has 0 amide bonds. The first-order valence-electron chi connectivity index (χ1n) is 3.24. The predicted molar refractivity (Wildman–Crippen MR) is 39.4 cm³/mol. The van der Waals surface area contributed by atoms with Crippen LogP contribution in [0.3, 0.4) is 0 Å². The third-order valence-corrected chi connectivity index (χ3v) is 2.65. The molecule has 2 nitrogen and oxygen atoms in total. The number of thiophene rings is 1. The molecule has 54 valence electrons. The lowest BCUT2D eigenvalue weighted by Crippen LogP contribution is -1.89. The van der Waals surface area contributed by atoms with Crippen molar-refractivity contribution in [3.8, 4) is 5.75 Å². The van der Waals surface area contributed by atoms with Crippen LogP contribution in [0.2, 0.25) is 0 Å². The van der Waals surface area contributed by atoms with E-state index >= 15 is 0 Å². The molecule has 2 heterocycles. The zero-order chi connectivity index (χ0) is 6.97. The summed E-state index contributed by atoms with van der Waals surface area (Å²) in [7, 11) is 0. The van der Waals surface area contributed by atoms with Gasteiger partial charge in [-0.2, -0.15) is 0 Å². The predicted octanol–water partition coefficient (Wildman–Crippen LogP) is 1.18. The van der Waals surface area contributed by atoms with Gasteiger partial charge >= 0.3 is 0 Å². The molecule has 10 heavy (non-hydrogen) atoms. The van der Waals surface area contributed by atoms with E-state index in [-0.39, 0.29) is 6.61 Å². The van der Waals surface area contributed by atoms with E-state index in [1.54, 1.807) is 11.3 Å². The molecule has 0 aromatic carbocycles. The Morgan fingerprint density at radius 1 is 1.70 bits per heavy atom. The lowest BCUT2D eigenvalue weighted by molar-refractivity contribution is 0.275. The molecule has 0 bridgehead atoms. The highest BCUT2D eigenvalue weighted by atomic mass is 32.1. The second-order valence-electron chi connectivity index (χ2n) is 2.27. The Bertz CT molecular complexity index is 242. The number of hydrogen-bond acceptors (Lipinski definition) is 3. The van der Waals surface area contributed by atoms with Gasteiger partial charge in [0.15, 0.2) is 0 Å². The van der Waals surface area contributed by atoms with Crippen LogP contribution in [-0.2, 0) is 13.0 Å². The van der Waals surface area contributed by atoms with Crippen LogP contribution >= 0.6 is 11.3 Å². The summed E-state index contributed by atoms with van der Waals surface area (Å²) in [6.45, 7) is 0.894. The van der Waals surface area contributed by atoms with Gasteiger partial charge in [0.25, 0.3) is 0 Å². The smallest absolute Gasteiger partial charge is 0.138 e. The van der Waals surface area contributed by atoms with Gasteiger partial charge in [-0.1, -0.05) is 0 Å². The molecule has 1 aromatic rings. The Labute approximate surface area is 63.1 Å². The fourth-order valence-electron chi connectivity index (χ4n) is 1.15. The number of rotatable bonds is 1. The topological polar surface area (TPSA) is 29.5 Å². The maximum atomic E-state index is 8.82. The van der Waals surface area contributed by atoms with Gasteiger partial charge in [0.05, 0.1) is 18.1 Å². The average Bonchev–Trinajstić information content (AvgIpc) is 2.44. The molecule has 0 radical (unpaired) electrons. The van der Waals surface area contributed by atoms with E-state index in [2.05, 4.69) is 5.38 Å². The Morgan fingerprint density at radius 2 is 2.60 bits per heavy atom. The molecule has 0 saturated carbocycles. The van der Waals surface area contributed by atoms with Gasteiger partial charge in [0, 0.05) is 12.0 Å². The van der Waals surface area contributed by atoms with Crippen molar-refractivity contribution in [1.29, 1.82) is 0 Å². The molecule has 0 aliphatic carbocycles. The van der Waals surface area contributed by atoms with Crippen molar-refractivity contribution in [2.75, 3.05) is 6.61 Å². The summed E-state index contributed by atoms with van der Waals surface area (Å²) in [5.74, 6) is 0.938. The second-order valence-corrected chi connectivity index (χ2v) is 3.23. The molecule has 0 fully saturated rings. The third kappa shape index (κ3) is 0.744. The summed E-state index contributed by atoms with van der Waals surface area (Å²) >= 11 is 1.58. The van der Waals surface area contributed by atoms with Crippen molar-refractivity contribution >= 4 is 11.3 Å². The molecule has 0 spiro atoms. The van der Waals surface area contributed by atoms with Gasteiger partial charge in [-0.05, 0) is 5.38 Å². The van der Waals surface area contributed by atoms with Gasteiger partial charge in [-0.25, -0.2) is 0 Å². The summed E-state index contributed by atoms with van der Waals surface area (Å²) in [4.78, 5) is 0.965. The van der Waals surface area contributed by atoms with Gasteiger partial charge in [-0.3, -0.25) is 0 Å². The molecule has 3 heteroatoms. The zero-order valence-corrected chi connectivity index (χ0v) is 6.28. The summed E-state index contributed by atoms with van der Waals surface area (Å²) in [5.41, 5.74) is 1.26. The van der Waals surface area contributed by atoms with E-state index in [4.69, 9.17) is 9.84 Å². The van der Waals surface area contributed by atoms with Crippen LogP contribution in [0, 0.1) is 0 Å². The van der Waals surface area contributed by atoms with Crippen LogP contribution in [0.4, 0.5) is 0 Å². The van der Waals surface area contributed by atoms with Crippen LogP contribution in [0.15, 0.2) is 5.38 Å². The SMILES string of the molecule is OCc1scc2c1OCC2. The van der Waals surface area contributed by atoms with E-state index in [9.17, 15) is 0 Å². The van der Waals surface area contributed by atoms with Crippen molar-refractivity contribution in [2.24, 2.45) is 0 Å². The largest absolute Gasteiger partial charge is 0.492 e. The fourth-order valence-corrected chi connectivity index (χ4v) is 2.03. The van der Waals surface area contributed by atoms with E-state index in [1.165, 1.54) is 5.56 Å². The Balaban J connectivity index is 2.44. The van der Waals surface area contributed by atoms with Crippen LogP contribution < -0.4 is 4.74 Å². The van der Waals surface area contributed by atoms with Crippen LogP contribution in [0.5, 0.6) is 5.75 Å². The maximum absolute atomic E-state index is 8.82. The number of aliphatic hydroxyl groups is 1. The molecule has 1 N–H and O–H groups in total. The summed E-state index contributed by atoms with van der Waals surface area (Å²) in [6.07, 6.45) is 1.01. The Hall–Kier alpha value is -0.540. The minimum Gasteiger partial charge on any atom is -0.492 e. The lowest BCUT2D eigenvalue weighted by atomic mass is 10.2. The highest BCUT2D eigenvalue weighted by Gasteiger charge is 2.17. The molecule has 1 aliphatic rings. The number of fused-ring (bicyclic) bond motifs is 1. The fraction of sp³-hybridized carbons (Fsp3) is 0.429. The van der Waals surface area contributed by atoms with Crippen molar-refractivity contribution in [3.63, 3.8) is 0 Å². The quantitative estimate of drug-likeness (QED) is 0.661. The number of ether oxygens (including phenoxy) is 1. The number of aliphatic hydroxyl groups excluding tert-OH is 1. The summed E-state index contributed by atoms with van der Waals surface area (Å²) in [6, 6.07) is 0.